The Morgan fingerprint density at radius 1 is 0.941 bits per heavy atom. The summed E-state index contributed by atoms with van der Waals surface area (Å²) in [5, 5.41) is 22.0. The standard InChI is InChI=1S/C24H23N3O6S/c28-20-15-8-4-5-9-16(15)21(29)27(20)17(22(30)31)19-25-18(23(32)33)24(34-19)10-12-26(13-11-24)14-6-2-1-3-7-14/h1-9,17-19,25H,10-13H2,(H,30,31)(H,32,33). The van der Waals surface area contributed by atoms with E-state index in [-0.39, 0.29) is 11.1 Å². The van der Waals surface area contributed by atoms with Gasteiger partial charge in [-0.1, -0.05) is 30.3 Å². The van der Waals surface area contributed by atoms with Crippen molar-refractivity contribution in [1.82, 2.24) is 10.2 Å². The number of piperidine rings is 1. The number of carboxylic acids is 2. The molecule has 2 aromatic rings. The predicted molar refractivity (Wildman–Crippen MR) is 125 cm³/mol. The van der Waals surface area contributed by atoms with Crippen molar-refractivity contribution in [2.45, 2.75) is 35.0 Å². The second-order valence-corrected chi connectivity index (χ2v) is 10.2. The molecule has 2 fully saturated rings. The number of imide groups is 1. The van der Waals surface area contributed by atoms with Crippen LogP contribution in [0.5, 0.6) is 0 Å². The minimum Gasteiger partial charge on any atom is -0.480 e. The van der Waals surface area contributed by atoms with Gasteiger partial charge in [0.25, 0.3) is 11.8 Å². The van der Waals surface area contributed by atoms with Gasteiger partial charge in [0.15, 0.2) is 6.04 Å². The molecule has 0 saturated carbocycles. The molecule has 0 aromatic heterocycles. The summed E-state index contributed by atoms with van der Waals surface area (Å²) in [6.07, 6.45) is 1.03. The van der Waals surface area contributed by atoms with Gasteiger partial charge in [-0.15, -0.1) is 11.8 Å². The first kappa shape index (κ1) is 22.4. The third-order valence-corrected chi connectivity index (χ3v) is 8.60. The fourth-order valence-corrected chi connectivity index (χ4v) is 6.95. The van der Waals surface area contributed by atoms with Crippen LogP contribution in [-0.4, -0.2) is 74.2 Å². The van der Waals surface area contributed by atoms with Crippen molar-refractivity contribution >= 4 is 41.2 Å². The maximum absolute atomic E-state index is 13.0. The Morgan fingerprint density at radius 2 is 1.50 bits per heavy atom. The van der Waals surface area contributed by atoms with Crippen molar-refractivity contribution < 1.29 is 29.4 Å². The van der Waals surface area contributed by atoms with Gasteiger partial charge in [-0.2, -0.15) is 0 Å². The first-order valence-electron chi connectivity index (χ1n) is 11.0. The molecule has 9 nitrogen and oxygen atoms in total. The van der Waals surface area contributed by atoms with Crippen LogP contribution in [0, 0.1) is 0 Å². The zero-order chi connectivity index (χ0) is 24.0. The smallest absolute Gasteiger partial charge is 0.329 e. The average Bonchev–Trinajstić information content (AvgIpc) is 3.32. The highest BCUT2D eigenvalue weighted by Gasteiger charge is 2.58. The molecule has 34 heavy (non-hydrogen) atoms. The second kappa shape index (κ2) is 8.44. The summed E-state index contributed by atoms with van der Waals surface area (Å²) < 4.78 is -0.756. The molecule has 3 atom stereocenters. The van der Waals surface area contributed by atoms with Crippen LogP contribution in [-0.2, 0) is 9.59 Å². The molecule has 3 N–H and O–H groups in total. The number of para-hydroxylation sites is 1. The van der Waals surface area contributed by atoms with Crippen molar-refractivity contribution in [3.05, 3.63) is 65.7 Å². The lowest BCUT2D eigenvalue weighted by molar-refractivity contribution is -0.143. The van der Waals surface area contributed by atoms with Gasteiger partial charge in [-0.25, -0.2) is 4.79 Å². The van der Waals surface area contributed by atoms with E-state index in [1.165, 1.54) is 23.9 Å². The van der Waals surface area contributed by atoms with Crippen molar-refractivity contribution in [1.29, 1.82) is 0 Å². The molecule has 1 spiro atoms. The van der Waals surface area contributed by atoms with Gasteiger partial charge in [0.2, 0.25) is 0 Å². The van der Waals surface area contributed by atoms with Crippen molar-refractivity contribution in [2.75, 3.05) is 18.0 Å². The molecule has 10 heteroatoms. The zero-order valence-electron chi connectivity index (χ0n) is 18.1. The van der Waals surface area contributed by atoms with E-state index in [0.29, 0.717) is 25.9 Å². The summed E-state index contributed by atoms with van der Waals surface area (Å²) in [4.78, 5) is 53.4. The summed E-state index contributed by atoms with van der Waals surface area (Å²) in [6.45, 7) is 1.22. The molecule has 5 rings (SSSR count). The fraction of sp³-hybridized carbons (Fsp3) is 0.333. The molecule has 0 bridgehead atoms. The van der Waals surface area contributed by atoms with Crippen LogP contribution in [0.15, 0.2) is 54.6 Å². The van der Waals surface area contributed by atoms with Crippen molar-refractivity contribution in [3.63, 3.8) is 0 Å². The number of carboxylic acid groups (broad SMARTS) is 2. The van der Waals surface area contributed by atoms with E-state index in [1.54, 1.807) is 12.1 Å². The number of amides is 2. The minimum absolute atomic E-state index is 0.155. The quantitative estimate of drug-likeness (QED) is 0.549. The Labute approximate surface area is 199 Å². The summed E-state index contributed by atoms with van der Waals surface area (Å²) >= 11 is 1.23. The number of hydrogen-bond acceptors (Lipinski definition) is 7. The van der Waals surface area contributed by atoms with Gasteiger partial charge in [-0.3, -0.25) is 24.6 Å². The summed E-state index contributed by atoms with van der Waals surface area (Å²) in [5.41, 5.74) is 1.36. The highest BCUT2D eigenvalue weighted by Crippen LogP contribution is 2.48. The predicted octanol–water partition coefficient (Wildman–Crippen LogP) is 1.89. The topological polar surface area (TPSA) is 127 Å². The Balaban J connectivity index is 1.41. The van der Waals surface area contributed by atoms with Crippen LogP contribution < -0.4 is 10.2 Å². The number of fused-ring (bicyclic) bond motifs is 1. The Bertz CT molecular complexity index is 1130. The van der Waals surface area contributed by atoms with E-state index in [0.717, 1.165) is 10.6 Å². The third kappa shape index (κ3) is 3.54. The second-order valence-electron chi connectivity index (χ2n) is 8.67. The van der Waals surface area contributed by atoms with Gasteiger partial charge >= 0.3 is 11.9 Å². The van der Waals surface area contributed by atoms with Crippen LogP contribution in [0.25, 0.3) is 0 Å². The number of hydrogen-bond donors (Lipinski definition) is 3. The first-order valence-corrected chi connectivity index (χ1v) is 11.9. The number of nitrogens with one attached hydrogen (secondary N) is 1. The van der Waals surface area contributed by atoms with Crippen molar-refractivity contribution in [2.24, 2.45) is 0 Å². The molecule has 3 aliphatic rings. The summed E-state index contributed by atoms with van der Waals surface area (Å²) in [5.74, 6) is -3.79. The maximum Gasteiger partial charge on any atom is 0.329 e. The molecule has 3 unspecified atom stereocenters. The van der Waals surface area contributed by atoms with Crippen LogP contribution in [0.4, 0.5) is 5.69 Å². The van der Waals surface area contributed by atoms with Gasteiger partial charge in [0.1, 0.15) is 6.04 Å². The van der Waals surface area contributed by atoms with E-state index >= 15 is 0 Å². The van der Waals surface area contributed by atoms with Crippen molar-refractivity contribution in [3.8, 4) is 0 Å². The molecule has 0 aliphatic carbocycles. The highest BCUT2D eigenvalue weighted by molar-refractivity contribution is 8.01. The lowest BCUT2D eigenvalue weighted by atomic mass is 9.88. The number of aliphatic carboxylic acids is 2. The normalized spacial score (nSPS) is 24.4. The number of thioether (sulfide) groups is 1. The van der Waals surface area contributed by atoms with Crippen LogP contribution in [0.2, 0.25) is 0 Å². The molecular weight excluding hydrogens is 458 g/mol. The lowest BCUT2D eigenvalue weighted by Gasteiger charge is -2.41. The van der Waals surface area contributed by atoms with Gasteiger partial charge in [0, 0.05) is 23.5 Å². The molecule has 2 saturated heterocycles. The monoisotopic (exact) mass is 481 g/mol. The number of carbonyl (C=O) groups is 4. The molecular formula is C24H23N3O6S. The zero-order valence-corrected chi connectivity index (χ0v) is 18.9. The Hall–Kier alpha value is -3.37. The number of rotatable bonds is 5. The number of nitrogens with zero attached hydrogens (tertiary/aromatic N) is 2. The van der Waals surface area contributed by atoms with E-state index in [1.807, 2.05) is 30.3 Å². The number of carbonyl (C=O) groups excluding carboxylic acids is 2. The molecule has 3 aliphatic heterocycles. The minimum atomic E-state index is -1.54. The van der Waals surface area contributed by atoms with E-state index in [4.69, 9.17) is 0 Å². The molecule has 3 heterocycles. The summed E-state index contributed by atoms with van der Waals surface area (Å²) in [6, 6.07) is 13.5. The molecule has 2 aromatic carbocycles. The number of benzene rings is 2. The van der Waals surface area contributed by atoms with Gasteiger partial charge in [-0.05, 0) is 37.1 Å². The molecule has 0 radical (unpaired) electrons. The maximum atomic E-state index is 13.0. The van der Waals surface area contributed by atoms with Gasteiger partial charge in [0.05, 0.1) is 16.5 Å². The molecule has 2 amide bonds. The SMILES string of the molecule is O=C(O)C(C1NC(C(=O)O)C2(CCN(c3ccccc3)CC2)S1)N1C(=O)c2ccccc2C1=O. The van der Waals surface area contributed by atoms with Crippen LogP contribution in [0.1, 0.15) is 33.6 Å². The largest absolute Gasteiger partial charge is 0.480 e. The average molecular weight is 482 g/mol. The Kier molecular flexibility index (Phi) is 5.57. The van der Waals surface area contributed by atoms with Gasteiger partial charge < -0.3 is 15.1 Å². The van der Waals surface area contributed by atoms with E-state index in [9.17, 15) is 29.4 Å². The Morgan fingerprint density at radius 3 is 2.03 bits per heavy atom. The van der Waals surface area contributed by atoms with E-state index in [2.05, 4.69) is 10.2 Å². The fourth-order valence-electron chi connectivity index (χ4n) is 5.15. The number of anilines is 1. The lowest BCUT2D eigenvalue weighted by Crippen LogP contribution is -2.56. The summed E-state index contributed by atoms with van der Waals surface area (Å²) in [7, 11) is 0. The first-order chi connectivity index (χ1) is 16.3. The van der Waals surface area contributed by atoms with Crippen LogP contribution in [0.3, 0.4) is 0 Å². The molecule has 176 valence electrons. The third-order valence-electron chi connectivity index (χ3n) is 6.84. The van der Waals surface area contributed by atoms with E-state index < -0.39 is 46.0 Å². The highest BCUT2D eigenvalue weighted by atomic mass is 32.2. The van der Waals surface area contributed by atoms with Crippen LogP contribution >= 0.6 is 11.8 Å².